The second-order valence-electron chi connectivity index (χ2n) is 2.67. The summed E-state index contributed by atoms with van der Waals surface area (Å²) in [7, 11) is -0.349. The quantitative estimate of drug-likeness (QED) is 0.428. The Morgan fingerprint density at radius 2 is 1.70 bits per heavy atom. The molecule has 0 spiro atoms. The van der Waals surface area contributed by atoms with E-state index in [2.05, 4.69) is 20.8 Å². The zero-order valence-corrected chi connectivity index (χ0v) is 8.68. The van der Waals surface area contributed by atoms with Gasteiger partial charge in [0.2, 0.25) is 0 Å². The summed E-state index contributed by atoms with van der Waals surface area (Å²) in [5.74, 6) is 0. The monoisotopic (exact) mass is 160 g/mol. The molecule has 0 aromatic heterocycles. The number of hydrogen-bond acceptors (Lipinski definition) is 1. The van der Waals surface area contributed by atoms with Gasteiger partial charge in [0.25, 0.3) is 0 Å². The van der Waals surface area contributed by atoms with E-state index in [0.29, 0.717) is 0 Å². The van der Waals surface area contributed by atoms with E-state index in [1.165, 1.54) is 18.1 Å². The highest BCUT2D eigenvalue weighted by Gasteiger charge is 2.03. The average Bonchev–Trinajstić information content (AvgIpc) is 1.99. The normalized spacial score (nSPS) is 10.8. The van der Waals surface area contributed by atoms with Crippen LogP contribution in [0, 0.1) is 0 Å². The van der Waals surface area contributed by atoms with Gasteiger partial charge in [-0.15, -0.1) is 0 Å². The maximum Gasteiger partial charge on any atom is 0.0439 e. The molecule has 0 aliphatic carbocycles. The van der Waals surface area contributed by atoms with Gasteiger partial charge in [-0.25, -0.2) is 0 Å². The fourth-order valence-electron chi connectivity index (χ4n) is 1.09. The molecule has 0 aromatic carbocycles. The molecule has 0 fully saturated rings. The Morgan fingerprint density at radius 3 is 2.10 bits per heavy atom. The van der Waals surface area contributed by atoms with Gasteiger partial charge < -0.3 is 4.74 Å². The van der Waals surface area contributed by atoms with E-state index in [4.69, 9.17) is 4.74 Å². The largest absolute Gasteiger partial charge is 0.382 e. The molecule has 62 valence electrons. The fraction of sp³-hybridized carbons (Fsp3) is 1.00. The minimum atomic E-state index is -0.349. The minimum Gasteiger partial charge on any atom is -0.382 e. The Labute approximate surface area is 66.4 Å². The van der Waals surface area contributed by atoms with Gasteiger partial charge >= 0.3 is 0 Å². The van der Waals surface area contributed by atoms with Gasteiger partial charge in [0.05, 0.1) is 0 Å². The Bertz CT molecular complexity index is 62.3. The molecule has 0 atom stereocenters. The van der Waals surface area contributed by atoms with Gasteiger partial charge in [0.1, 0.15) is 0 Å². The van der Waals surface area contributed by atoms with Crippen LogP contribution in [-0.4, -0.2) is 22.0 Å². The Hall–Kier alpha value is 0.177. The van der Waals surface area contributed by atoms with E-state index in [-0.39, 0.29) is 8.80 Å². The lowest BCUT2D eigenvalue weighted by Gasteiger charge is -2.08. The van der Waals surface area contributed by atoms with Crippen LogP contribution in [0.4, 0.5) is 0 Å². The molecule has 1 nitrogen and oxygen atoms in total. The van der Waals surface area contributed by atoms with Crippen LogP contribution in [0.5, 0.6) is 0 Å². The van der Waals surface area contributed by atoms with Gasteiger partial charge in [0.15, 0.2) is 0 Å². The standard InChI is InChI=1S/C8H20OSi/c1-4-9-7-8-10(5-2)6-3/h10H,4-8H2,1-3H3. The van der Waals surface area contributed by atoms with Gasteiger partial charge in [-0.1, -0.05) is 25.9 Å². The molecule has 0 amide bonds. The maximum atomic E-state index is 5.30. The van der Waals surface area contributed by atoms with Crippen LogP contribution >= 0.6 is 0 Å². The van der Waals surface area contributed by atoms with Crippen molar-refractivity contribution in [2.45, 2.75) is 38.9 Å². The SMILES string of the molecule is CCOCC[SiH](CC)CC. The van der Waals surface area contributed by atoms with Crippen molar-refractivity contribution in [1.82, 2.24) is 0 Å². The molecule has 0 radical (unpaired) electrons. The zero-order chi connectivity index (χ0) is 7.82. The van der Waals surface area contributed by atoms with Crippen LogP contribution in [-0.2, 0) is 4.74 Å². The van der Waals surface area contributed by atoms with E-state index >= 15 is 0 Å². The fourth-order valence-corrected chi connectivity index (χ4v) is 2.99. The first-order valence-corrected chi connectivity index (χ1v) is 6.87. The summed E-state index contributed by atoms with van der Waals surface area (Å²) < 4.78 is 5.30. The van der Waals surface area contributed by atoms with Crippen LogP contribution in [0.25, 0.3) is 0 Å². The molecule has 0 heterocycles. The number of hydrogen-bond donors (Lipinski definition) is 0. The summed E-state index contributed by atoms with van der Waals surface area (Å²) in [6, 6.07) is 4.24. The second-order valence-corrected chi connectivity index (χ2v) is 6.61. The summed E-state index contributed by atoms with van der Waals surface area (Å²) in [6.07, 6.45) is 0. The molecule has 0 saturated carbocycles. The summed E-state index contributed by atoms with van der Waals surface area (Å²) in [5.41, 5.74) is 0. The first-order chi connectivity index (χ1) is 4.85. The van der Waals surface area contributed by atoms with Crippen molar-refractivity contribution < 1.29 is 4.74 Å². The smallest absolute Gasteiger partial charge is 0.0439 e. The average molecular weight is 160 g/mol. The summed E-state index contributed by atoms with van der Waals surface area (Å²) >= 11 is 0. The van der Waals surface area contributed by atoms with Crippen LogP contribution in [0.3, 0.4) is 0 Å². The molecule has 0 N–H and O–H groups in total. The van der Waals surface area contributed by atoms with Crippen molar-refractivity contribution in [2.24, 2.45) is 0 Å². The third-order valence-corrected chi connectivity index (χ3v) is 5.39. The molecule has 0 aliphatic rings. The summed E-state index contributed by atoms with van der Waals surface area (Å²) in [4.78, 5) is 0. The highest BCUT2D eigenvalue weighted by molar-refractivity contribution is 6.58. The van der Waals surface area contributed by atoms with E-state index in [0.717, 1.165) is 13.2 Å². The molecule has 10 heavy (non-hydrogen) atoms. The molecule has 0 aliphatic heterocycles. The van der Waals surface area contributed by atoms with Crippen LogP contribution in [0.1, 0.15) is 20.8 Å². The molecular weight excluding hydrogens is 140 g/mol. The van der Waals surface area contributed by atoms with Crippen molar-refractivity contribution in [3.8, 4) is 0 Å². The lowest BCUT2D eigenvalue weighted by molar-refractivity contribution is 0.161. The Kier molecular flexibility index (Phi) is 7.41. The Morgan fingerprint density at radius 1 is 1.10 bits per heavy atom. The molecule has 2 heteroatoms. The van der Waals surface area contributed by atoms with Crippen molar-refractivity contribution >= 4 is 8.80 Å². The second kappa shape index (κ2) is 7.29. The van der Waals surface area contributed by atoms with Crippen LogP contribution in [0.2, 0.25) is 18.1 Å². The van der Waals surface area contributed by atoms with Crippen molar-refractivity contribution in [3.05, 3.63) is 0 Å². The number of ether oxygens (including phenoxy) is 1. The zero-order valence-electron chi connectivity index (χ0n) is 7.52. The molecule has 0 rings (SSSR count). The first-order valence-electron chi connectivity index (χ1n) is 4.42. The highest BCUT2D eigenvalue weighted by atomic mass is 28.3. The molecular formula is C8H20OSi. The van der Waals surface area contributed by atoms with E-state index in [9.17, 15) is 0 Å². The molecule has 0 bridgehead atoms. The van der Waals surface area contributed by atoms with Crippen molar-refractivity contribution in [3.63, 3.8) is 0 Å². The van der Waals surface area contributed by atoms with Gasteiger partial charge in [-0.3, -0.25) is 0 Å². The minimum absolute atomic E-state index is 0.349. The van der Waals surface area contributed by atoms with E-state index < -0.39 is 0 Å². The third-order valence-electron chi connectivity index (χ3n) is 2.03. The first kappa shape index (κ1) is 10.2. The van der Waals surface area contributed by atoms with Crippen molar-refractivity contribution in [2.75, 3.05) is 13.2 Å². The Balaban J connectivity index is 3.09. The van der Waals surface area contributed by atoms with Gasteiger partial charge in [-0.2, -0.15) is 0 Å². The summed E-state index contributed by atoms with van der Waals surface area (Å²) in [5, 5.41) is 0. The van der Waals surface area contributed by atoms with Crippen molar-refractivity contribution in [1.29, 1.82) is 0 Å². The maximum absolute atomic E-state index is 5.30. The summed E-state index contributed by atoms with van der Waals surface area (Å²) in [6.45, 7) is 8.58. The third kappa shape index (κ3) is 5.00. The van der Waals surface area contributed by atoms with E-state index in [1.807, 2.05) is 0 Å². The highest BCUT2D eigenvalue weighted by Crippen LogP contribution is 2.03. The van der Waals surface area contributed by atoms with E-state index in [1.54, 1.807) is 0 Å². The van der Waals surface area contributed by atoms with Gasteiger partial charge in [0, 0.05) is 22.0 Å². The van der Waals surface area contributed by atoms with Crippen LogP contribution < -0.4 is 0 Å². The topological polar surface area (TPSA) is 9.23 Å². The van der Waals surface area contributed by atoms with Gasteiger partial charge in [-0.05, 0) is 13.0 Å². The predicted octanol–water partition coefficient (Wildman–Crippen LogP) is 2.29. The molecule has 0 aromatic rings. The lowest BCUT2D eigenvalue weighted by atomic mass is 10.8. The van der Waals surface area contributed by atoms with Crippen LogP contribution in [0.15, 0.2) is 0 Å². The lowest BCUT2D eigenvalue weighted by Crippen LogP contribution is -2.11. The predicted molar refractivity (Wildman–Crippen MR) is 49.4 cm³/mol. The number of rotatable bonds is 6. The molecule has 0 unspecified atom stereocenters. The molecule has 0 saturated heterocycles.